The molecule has 0 aliphatic carbocycles. The molecule has 2 N–H and O–H groups in total. The summed E-state index contributed by atoms with van der Waals surface area (Å²) in [5, 5.41) is 0. The minimum absolute atomic E-state index is 0.224. The van der Waals surface area contributed by atoms with Gasteiger partial charge in [0.25, 0.3) is 0 Å². The number of nitrogens with two attached hydrogens (primary N) is 1. The maximum Gasteiger partial charge on any atom is 0.119 e. The molecule has 1 aliphatic rings. The van der Waals surface area contributed by atoms with Gasteiger partial charge in [0.15, 0.2) is 0 Å². The summed E-state index contributed by atoms with van der Waals surface area (Å²) in [6, 6.07) is 9.58. The van der Waals surface area contributed by atoms with Crippen LogP contribution < -0.4 is 10.5 Å². The molecule has 3 nitrogen and oxygen atoms in total. The van der Waals surface area contributed by atoms with Gasteiger partial charge < -0.3 is 10.5 Å². The minimum atomic E-state index is 0.224. The number of ether oxygens (including phenoxy) is 1. The van der Waals surface area contributed by atoms with Gasteiger partial charge in [-0.25, -0.2) is 0 Å². The first kappa shape index (κ1) is 15.3. The van der Waals surface area contributed by atoms with Crippen molar-refractivity contribution < 1.29 is 4.74 Å². The van der Waals surface area contributed by atoms with E-state index in [2.05, 4.69) is 56.9 Å². The van der Waals surface area contributed by atoms with Gasteiger partial charge in [0.2, 0.25) is 0 Å². The Bertz CT molecular complexity index is 416. The topological polar surface area (TPSA) is 38.5 Å². The van der Waals surface area contributed by atoms with Crippen molar-refractivity contribution in [1.29, 1.82) is 0 Å². The predicted octanol–water partition coefficient (Wildman–Crippen LogP) is 3.20. The maximum absolute atomic E-state index is 5.82. The van der Waals surface area contributed by atoms with E-state index in [0.717, 1.165) is 18.8 Å². The highest BCUT2D eigenvalue weighted by Crippen LogP contribution is 2.32. The van der Waals surface area contributed by atoms with Gasteiger partial charge >= 0.3 is 0 Å². The molecule has 1 fully saturated rings. The Morgan fingerprint density at radius 2 is 1.90 bits per heavy atom. The van der Waals surface area contributed by atoms with Crippen LogP contribution in [0.2, 0.25) is 0 Å². The van der Waals surface area contributed by atoms with Crippen LogP contribution in [0, 0.1) is 5.92 Å². The van der Waals surface area contributed by atoms with Gasteiger partial charge in [0.1, 0.15) is 5.75 Å². The van der Waals surface area contributed by atoms with Gasteiger partial charge in [-0.1, -0.05) is 12.1 Å². The van der Waals surface area contributed by atoms with Crippen LogP contribution >= 0.6 is 0 Å². The minimum Gasteiger partial charge on any atom is -0.491 e. The molecule has 1 heterocycles. The van der Waals surface area contributed by atoms with E-state index in [9.17, 15) is 0 Å². The van der Waals surface area contributed by atoms with Crippen molar-refractivity contribution in [3.8, 4) is 5.75 Å². The first-order chi connectivity index (χ1) is 9.51. The van der Waals surface area contributed by atoms with Crippen LogP contribution in [-0.4, -0.2) is 30.1 Å². The summed E-state index contributed by atoms with van der Waals surface area (Å²) in [6.07, 6.45) is 1.44. The molecule has 0 spiro atoms. The quantitative estimate of drug-likeness (QED) is 0.897. The second-order valence-electron chi connectivity index (χ2n) is 6.29. The van der Waals surface area contributed by atoms with Crippen LogP contribution in [0.15, 0.2) is 24.3 Å². The van der Waals surface area contributed by atoms with Crippen LogP contribution in [0.4, 0.5) is 0 Å². The average molecular weight is 276 g/mol. The Kier molecular flexibility index (Phi) is 5.06. The molecule has 3 atom stereocenters. The third-order valence-electron chi connectivity index (χ3n) is 4.27. The fraction of sp³-hybridized carbons (Fsp3) is 0.647. The van der Waals surface area contributed by atoms with Crippen molar-refractivity contribution in [3.63, 3.8) is 0 Å². The molecule has 0 bridgehead atoms. The molecule has 1 saturated heterocycles. The summed E-state index contributed by atoms with van der Waals surface area (Å²) in [7, 11) is 0. The van der Waals surface area contributed by atoms with E-state index in [0.29, 0.717) is 18.0 Å². The number of rotatable bonds is 5. The fourth-order valence-electron chi connectivity index (χ4n) is 3.17. The molecule has 0 saturated carbocycles. The molecule has 112 valence electrons. The molecule has 1 aromatic carbocycles. The zero-order chi connectivity index (χ0) is 14.7. The average Bonchev–Trinajstić information content (AvgIpc) is 2.79. The molecule has 1 aliphatic heterocycles. The van der Waals surface area contributed by atoms with Gasteiger partial charge in [-0.15, -0.1) is 0 Å². The lowest BCUT2D eigenvalue weighted by atomic mass is 10.1. The third-order valence-corrected chi connectivity index (χ3v) is 4.27. The van der Waals surface area contributed by atoms with Crippen LogP contribution in [0.3, 0.4) is 0 Å². The second-order valence-corrected chi connectivity index (χ2v) is 6.29. The zero-order valence-corrected chi connectivity index (χ0v) is 13.2. The van der Waals surface area contributed by atoms with E-state index in [-0.39, 0.29) is 6.10 Å². The summed E-state index contributed by atoms with van der Waals surface area (Å²) in [4.78, 5) is 2.57. The van der Waals surface area contributed by atoms with E-state index >= 15 is 0 Å². The summed E-state index contributed by atoms with van der Waals surface area (Å²) < 4.78 is 5.70. The first-order valence-electron chi connectivity index (χ1n) is 7.73. The van der Waals surface area contributed by atoms with Crippen molar-refractivity contribution in [1.82, 2.24) is 4.90 Å². The first-order valence-corrected chi connectivity index (χ1v) is 7.73. The normalized spacial score (nSPS) is 25.1. The highest BCUT2D eigenvalue weighted by Gasteiger charge is 2.31. The summed E-state index contributed by atoms with van der Waals surface area (Å²) >= 11 is 0. The van der Waals surface area contributed by atoms with Crippen molar-refractivity contribution in [2.24, 2.45) is 11.7 Å². The lowest BCUT2D eigenvalue weighted by molar-refractivity contribution is 0.200. The molecule has 3 unspecified atom stereocenters. The molecular weight excluding hydrogens is 248 g/mol. The molecule has 20 heavy (non-hydrogen) atoms. The highest BCUT2D eigenvalue weighted by atomic mass is 16.5. The summed E-state index contributed by atoms with van der Waals surface area (Å²) in [6.45, 7) is 10.6. The molecule has 2 rings (SSSR count). The highest BCUT2D eigenvalue weighted by molar-refractivity contribution is 5.29. The van der Waals surface area contributed by atoms with Gasteiger partial charge in [-0.2, -0.15) is 0 Å². The summed E-state index contributed by atoms with van der Waals surface area (Å²) in [5.41, 5.74) is 7.17. The molecule has 0 radical (unpaired) electrons. The second kappa shape index (κ2) is 6.59. The van der Waals surface area contributed by atoms with E-state index < -0.39 is 0 Å². The number of likely N-dealkylation sites (tertiary alicyclic amines) is 1. The lowest BCUT2D eigenvalue weighted by Gasteiger charge is -2.29. The monoisotopic (exact) mass is 276 g/mol. The van der Waals surface area contributed by atoms with Gasteiger partial charge in [-0.3, -0.25) is 4.90 Å². The molecule has 1 aromatic rings. The van der Waals surface area contributed by atoms with E-state index in [1.165, 1.54) is 12.0 Å². The van der Waals surface area contributed by atoms with Gasteiger partial charge in [-0.05, 0) is 64.3 Å². The van der Waals surface area contributed by atoms with Crippen LogP contribution in [0.25, 0.3) is 0 Å². The standard InChI is InChI=1S/C17H28N2O/c1-12(2)20-17-7-5-16(6-8-17)14(4)19-11-15(10-18)9-13(19)3/h5-8,12-15H,9-11,18H2,1-4H3. The van der Waals surface area contributed by atoms with Crippen LogP contribution in [-0.2, 0) is 0 Å². The van der Waals surface area contributed by atoms with Crippen molar-refractivity contribution in [2.75, 3.05) is 13.1 Å². The van der Waals surface area contributed by atoms with E-state index in [1.54, 1.807) is 0 Å². The Hall–Kier alpha value is -1.06. The Labute approximate surface area is 123 Å². The number of hydrogen-bond acceptors (Lipinski definition) is 3. The van der Waals surface area contributed by atoms with Gasteiger partial charge in [0, 0.05) is 18.6 Å². The number of hydrogen-bond donors (Lipinski definition) is 1. The smallest absolute Gasteiger partial charge is 0.119 e. The summed E-state index contributed by atoms with van der Waals surface area (Å²) in [5.74, 6) is 1.60. The van der Waals surface area contributed by atoms with Gasteiger partial charge in [0.05, 0.1) is 6.10 Å². The van der Waals surface area contributed by atoms with Crippen molar-refractivity contribution in [2.45, 2.75) is 52.3 Å². The largest absolute Gasteiger partial charge is 0.491 e. The number of nitrogens with zero attached hydrogens (tertiary/aromatic N) is 1. The molecular formula is C17H28N2O. The van der Waals surface area contributed by atoms with E-state index in [1.807, 2.05) is 0 Å². The van der Waals surface area contributed by atoms with Crippen LogP contribution in [0.5, 0.6) is 5.75 Å². The molecule has 0 amide bonds. The van der Waals surface area contributed by atoms with Crippen molar-refractivity contribution >= 4 is 0 Å². The Balaban J connectivity index is 2.03. The lowest BCUT2D eigenvalue weighted by Crippen LogP contribution is -2.30. The van der Waals surface area contributed by atoms with Crippen molar-refractivity contribution in [3.05, 3.63) is 29.8 Å². The van der Waals surface area contributed by atoms with E-state index in [4.69, 9.17) is 10.5 Å². The maximum atomic E-state index is 5.82. The predicted molar refractivity (Wildman–Crippen MR) is 84.0 cm³/mol. The molecule has 3 heteroatoms. The Morgan fingerprint density at radius 1 is 1.25 bits per heavy atom. The zero-order valence-electron chi connectivity index (χ0n) is 13.2. The SMILES string of the molecule is CC(C)Oc1ccc(C(C)N2CC(CN)CC2C)cc1. The van der Waals surface area contributed by atoms with Crippen LogP contribution in [0.1, 0.15) is 45.7 Å². The number of benzene rings is 1. The molecule has 0 aromatic heterocycles. The Morgan fingerprint density at radius 3 is 2.40 bits per heavy atom. The third kappa shape index (κ3) is 3.53. The fourth-order valence-corrected chi connectivity index (χ4v) is 3.17.